The molecule has 0 aromatic heterocycles. The molecule has 0 aliphatic heterocycles. The molecule has 1 atom stereocenters. The second-order valence-corrected chi connectivity index (χ2v) is 6.92. The standard InChI is InChI=1S/C12H15FO3S/c1-17(15,16)8-12(14,9-2-3-9)10-4-6-11(13)7-5-10/h4-7,9,14H,2-3,8H2,1H3. The molecule has 1 saturated carbocycles. The lowest BCUT2D eigenvalue weighted by Crippen LogP contribution is -2.36. The molecule has 2 rings (SSSR count). The van der Waals surface area contributed by atoms with Crippen LogP contribution in [-0.4, -0.2) is 25.5 Å². The first-order chi connectivity index (χ1) is 7.81. The summed E-state index contributed by atoms with van der Waals surface area (Å²) in [5.74, 6) is -0.745. The monoisotopic (exact) mass is 258 g/mol. The van der Waals surface area contributed by atoms with Crippen molar-refractivity contribution >= 4 is 9.84 Å². The number of hydrogen-bond donors (Lipinski definition) is 1. The van der Waals surface area contributed by atoms with Gasteiger partial charge in [-0.3, -0.25) is 0 Å². The Morgan fingerprint density at radius 3 is 2.29 bits per heavy atom. The highest BCUT2D eigenvalue weighted by Gasteiger charge is 2.47. The average molecular weight is 258 g/mol. The zero-order valence-corrected chi connectivity index (χ0v) is 10.4. The Morgan fingerprint density at radius 2 is 1.88 bits per heavy atom. The molecule has 0 amide bonds. The van der Waals surface area contributed by atoms with Crippen molar-refractivity contribution in [2.45, 2.75) is 18.4 Å². The lowest BCUT2D eigenvalue weighted by molar-refractivity contribution is 0.0366. The molecule has 1 N–H and O–H groups in total. The van der Waals surface area contributed by atoms with Gasteiger partial charge in [0.15, 0.2) is 9.84 Å². The molecule has 1 aliphatic carbocycles. The van der Waals surface area contributed by atoms with E-state index in [0.717, 1.165) is 19.1 Å². The first-order valence-corrected chi connectivity index (χ1v) is 7.53. The predicted molar refractivity (Wildman–Crippen MR) is 62.7 cm³/mol. The van der Waals surface area contributed by atoms with Crippen LogP contribution in [0.15, 0.2) is 24.3 Å². The molecule has 0 radical (unpaired) electrons. The number of hydrogen-bond acceptors (Lipinski definition) is 3. The fourth-order valence-corrected chi connectivity index (χ4v) is 3.34. The van der Waals surface area contributed by atoms with Crippen molar-refractivity contribution in [2.24, 2.45) is 5.92 Å². The van der Waals surface area contributed by atoms with E-state index in [1.165, 1.54) is 24.3 Å². The summed E-state index contributed by atoms with van der Waals surface area (Å²) in [7, 11) is -3.29. The van der Waals surface area contributed by atoms with Crippen LogP contribution in [0, 0.1) is 11.7 Å². The molecule has 0 heterocycles. The first-order valence-electron chi connectivity index (χ1n) is 5.47. The molecule has 17 heavy (non-hydrogen) atoms. The third-order valence-electron chi connectivity index (χ3n) is 3.08. The van der Waals surface area contributed by atoms with E-state index in [1.807, 2.05) is 0 Å². The van der Waals surface area contributed by atoms with E-state index >= 15 is 0 Å². The molecule has 3 nitrogen and oxygen atoms in total. The third-order valence-corrected chi connectivity index (χ3v) is 4.04. The minimum absolute atomic E-state index is 0.0392. The van der Waals surface area contributed by atoms with Crippen LogP contribution in [0.2, 0.25) is 0 Å². The van der Waals surface area contributed by atoms with Gasteiger partial charge in [0, 0.05) is 6.26 Å². The Kier molecular flexibility index (Phi) is 2.99. The van der Waals surface area contributed by atoms with E-state index in [4.69, 9.17) is 0 Å². The highest BCUT2D eigenvalue weighted by molar-refractivity contribution is 7.90. The Labute approximate surface area is 100 Å². The molecular formula is C12H15FO3S. The molecule has 0 spiro atoms. The number of halogens is 1. The molecule has 1 unspecified atom stereocenters. The normalized spacial score (nSPS) is 19.9. The van der Waals surface area contributed by atoms with Crippen LogP contribution in [0.4, 0.5) is 4.39 Å². The van der Waals surface area contributed by atoms with E-state index in [9.17, 15) is 17.9 Å². The van der Waals surface area contributed by atoms with Crippen molar-refractivity contribution in [2.75, 3.05) is 12.0 Å². The minimum atomic E-state index is -3.29. The average Bonchev–Trinajstić information content (AvgIpc) is 2.98. The van der Waals surface area contributed by atoms with Crippen molar-refractivity contribution in [1.82, 2.24) is 0 Å². The van der Waals surface area contributed by atoms with Gasteiger partial charge in [0.1, 0.15) is 11.4 Å². The molecule has 1 aromatic rings. The second kappa shape index (κ2) is 4.07. The molecule has 1 aromatic carbocycles. The van der Waals surface area contributed by atoms with Crippen LogP contribution in [0.25, 0.3) is 0 Å². The van der Waals surface area contributed by atoms with Gasteiger partial charge in [0.25, 0.3) is 0 Å². The summed E-state index contributed by atoms with van der Waals surface area (Å²) in [6.07, 6.45) is 2.72. The van der Waals surface area contributed by atoms with E-state index < -0.39 is 21.3 Å². The van der Waals surface area contributed by atoms with E-state index in [-0.39, 0.29) is 11.7 Å². The van der Waals surface area contributed by atoms with E-state index in [0.29, 0.717) is 5.56 Å². The number of sulfone groups is 1. The lowest BCUT2D eigenvalue weighted by Gasteiger charge is -2.27. The van der Waals surface area contributed by atoms with Gasteiger partial charge in [-0.2, -0.15) is 0 Å². The molecule has 1 aliphatic rings. The maximum absolute atomic E-state index is 12.8. The van der Waals surface area contributed by atoms with Crippen LogP contribution in [0.5, 0.6) is 0 Å². The van der Waals surface area contributed by atoms with Gasteiger partial charge in [-0.25, -0.2) is 12.8 Å². The van der Waals surface area contributed by atoms with Crippen molar-refractivity contribution in [3.05, 3.63) is 35.6 Å². The van der Waals surface area contributed by atoms with E-state index in [2.05, 4.69) is 0 Å². The Balaban J connectivity index is 2.37. The zero-order chi connectivity index (χ0) is 12.7. The summed E-state index contributed by atoms with van der Waals surface area (Å²) < 4.78 is 35.6. The van der Waals surface area contributed by atoms with Crippen LogP contribution in [0.3, 0.4) is 0 Å². The van der Waals surface area contributed by atoms with Crippen molar-refractivity contribution < 1.29 is 17.9 Å². The largest absolute Gasteiger partial charge is 0.384 e. The maximum atomic E-state index is 12.8. The van der Waals surface area contributed by atoms with Crippen LogP contribution >= 0.6 is 0 Å². The maximum Gasteiger partial charge on any atom is 0.150 e. The summed E-state index contributed by atoms with van der Waals surface area (Å²) in [6.45, 7) is 0. The van der Waals surface area contributed by atoms with Gasteiger partial charge in [0.2, 0.25) is 0 Å². The third kappa shape index (κ3) is 2.84. The fourth-order valence-electron chi connectivity index (χ4n) is 2.14. The topological polar surface area (TPSA) is 54.4 Å². The molecule has 1 fully saturated rings. The Hall–Kier alpha value is -0.940. The second-order valence-electron chi connectivity index (χ2n) is 4.78. The van der Waals surface area contributed by atoms with Gasteiger partial charge >= 0.3 is 0 Å². The van der Waals surface area contributed by atoms with Crippen LogP contribution in [0.1, 0.15) is 18.4 Å². The number of rotatable bonds is 4. The summed E-state index contributed by atoms with van der Waals surface area (Å²) in [5.41, 5.74) is -0.895. The summed E-state index contributed by atoms with van der Waals surface area (Å²) in [5, 5.41) is 10.5. The van der Waals surface area contributed by atoms with Crippen molar-refractivity contribution in [1.29, 1.82) is 0 Å². The van der Waals surface area contributed by atoms with Crippen molar-refractivity contribution in [3.8, 4) is 0 Å². The molecule has 0 saturated heterocycles. The predicted octanol–water partition coefficient (Wildman–Crippen LogP) is 1.47. The lowest BCUT2D eigenvalue weighted by atomic mass is 9.91. The van der Waals surface area contributed by atoms with Gasteiger partial charge in [-0.1, -0.05) is 12.1 Å². The van der Waals surface area contributed by atoms with Gasteiger partial charge in [-0.15, -0.1) is 0 Å². The summed E-state index contributed by atoms with van der Waals surface area (Å²) >= 11 is 0. The minimum Gasteiger partial charge on any atom is -0.384 e. The summed E-state index contributed by atoms with van der Waals surface area (Å²) in [6, 6.07) is 5.40. The number of aliphatic hydroxyl groups is 1. The van der Waals surface area contributed by atoms with Gasteiger partial charge in [0.05, 0.1) is 5.75 Å². The van der Waals surface area contributed by atoms with E-state index in [1.54, 1.807) is 0 Å². The summed E-state index contributed by atoms with van der Waals surface area (Å²) in [4.78, 5) is 0. The highest BCUT2D eigenvalue weighted by Crippen LogP contribution is 2.46. The Bertz CT molecular complexity index is 505. The highest BCUT2D eigenvalue weighted by atomic mass is 32.2. The fraction of sp³-hybridized carbons (Fsp3) is 0.500. The zero-order valence-electron chi connectivity index (χ0n) is 9.56. The van der Waals surface area contributed by atoms with Crippen molar-refractivity contribution in [3.63, 3.8) is 0 Å². The smallest absolute Gasteiger partial charge is 0.150 e. The molecule has 0 bridgehead atoms. The number of benzene rings is 1. The molecule has 5 heteroatoms. The molecular weight excluding hydrogens is 243 g/mol. The van der Waals surface area contributed by atoms with Gasteiger partial charge < -0.3 is 5.11 Å². The van der Waals surface area contributed by atoms with Crippen LogP contribution in [-0.2, 0) is 15.4 Å². The SMILES string of the molecule is CS(=O)(=O)CC(O)(c1ccc(F)cc1)C1CC1. The molecule has 94 valence electrons. The van der Waals surface area contributed by atoms with Gasteiger partial charge in [-0.05, 0) is 36.5 Å². The first kappa shape index (κ1) is 12.5. The van der Waals surface area contributed by atoms with Crippen LogP contribution < -0.4 is 0 Å². The Morgan fingerprint density at radius 1 is 1.35 bits per heavy atom. The quantitative estimate of drug-likeness (QED) is 0.889.